The summed E-state index contributed by atoms with van der Waals surface area (Å²) in [6.45, 7) is 9.01. The van der Waals surface area contributed by atoms with Crippen LogP contribution in [0.4, 0.5) is 0 Å². The number of aromatic nitrogens is 1. The number of nitrogens with zero attached hydrogens (tertiary/aromatic N) is 3. The summed E-state index contributed by atoms with van der Waals surface area (Å²) in [5, 5.41) is 13.4. The fourth-order valence-corrected chi connectivity index (χ4v) is 5.07. The Kier molecular flexibility index (Phi) is 4.88. The van der Waals surface area contributed by atoms with Gasteiger partial charge >= 0.3 is 0 Å². The number of aliphatic hydroxyl groups excluding tert-OH is 1. The van der Waals surface area contributed by atoms with Crippen LogP contribution in [0.1, 0.15) is 49.7 Å². The van der Waals surface area contributed by atoms with Crippen LogP contribution in [0.5, 0.6) is 0 Å². The molecule has 2 fully saturated rings. The average Bonchev–Trinajstić information content (AvgIpc) is 2.97. The molecule has 0 amide bonds. The normalized spacial score (nSPS) is 30.7. The van der Waals surface area contributed by atoms with Crippen LogP contribution in [-0.4, -0.2) is 59.2 Å². The molecule has 4 nitrogen and oxygen atoms in total. The van der Waals surface area contributed by atoms with Gasteiger partial charge in [0.05, 0.1) is 18.8 Å². The molecule has 0 saturated carbocycles. The van der Waals surface area contributed by atoms with Crippen molar-refractivity contribution in [3.63, 3.8) is 0 Å². The zero-order valence-electron chi connectivity index (χ0n) is 14.1. The molecule has 1 N–H and O–H groups in total. The van der Waals surface area contributed by atoms with Gasteiger partial charge in [-0.2, -0.15) is 0 Å². The summed E-state index contributed by atoms with van der Waals surface area (Å²) in [6.07, 6.45) is 3.51. The fraction of sp³-hybridized carbons (Fsp3) is 0.824. The van der Waals surface area contributed by atoms with Crippen LogP contribution in [0.25, 0.3) is 0 Å². The highest BCUT2D eigenvalue weighted by Crippen LogP contribution is 2.41. The van der Waals surface area contributed by atoms with Crippen molar-refractivity contribution >= 4 is 11.3 Å². The van der Waals surface area contributed by atoms with Gasteiger partial charge in [-0.25, -0.2) is 4.98 Å². The van der Waals surface area contributed by atoms with E-state index in [0.717, 1.165) is 32.6 Å². The standard InChI is InChI=1S/C17H29N3OS/c1-13(2)14-11-22-16(18-14)10-20-8-6-17(12-21)5-4-7-19(3)15(17)9-20/h11,13,15,21H,4-10,12H2,1-3H3/t15-,17-/m1/s1. The lowest BCUT2D eigenvalue weighted by Gasteiger charge is -2.53. The lowest BCUT2D eigenvalue weighted by atomic mass is 9.69. The van der Waals surface area contributed by atoms with E-state index in [1.807, 2.05) is 0 Å². The molecule has 0 bridgehead atoms. The molecule has 0 unspecified atom stereocenters. The zero-order chi connectivity index (χ0) is 15.7. The van der Waals surface area contributed by atoms with Crippen molar-refractivity contribution in [2.45, 2.75) is 51.6 Å². The van der Waals surface area contributed by atoms with Crippen LogP contribution in [-0.2, 0) is 6.54 Å². The largest absolute Gasteiger partial charge is 0.396 e. The van der Waals surface area contributed by atoms with E-state index < -0.39 is 0 Å². The fourth-order valence-electron chi connectivity index (χ4n) is 4.07. The molecule has 1 aromatic heterocycles. The van der Waals surface area contributed by atoms with Crippen molar-refractivity contribution in [1.29, 1.82) is 0 Å². The number of rotatable bonds is 4. The van der Waals surface area contributed by atoms with Crippen molar-refractivity contribution in [2.24, 2.45) is 5.41 Å². The van der Waals surface area contributed by atoms with Gasteiger partial charge in [-0.05, 0) is 45.3 Å². The minimum atomic E-state index is 0.134. The first-order valence-corrected chi connectivity index (χ1v) is 9.40. The highest BCUT2D eigenvalue weighted by molar-refractivity contribution is 7.09. The molecule has 124 valence electrons. The second kappa shape index (κ2) is 6.56. The van der Waals surface area contributed by atoms with Gasteiger partial charge in [0, 0.05) is 23.4 Å². The van der Waals surface area contributed by atoms with Crippen molar-refractivity contribution < 1.29 is 5.11 Å². The maximum atomic E-state index is 9.98. The first kappa shape index (κ1) is 16.4. The summed E-state index contributed by atoms with van der Waals surface area (Å²) < 4.78 is 0. The van der Waals surface area contributed by atoms with E-state index in [1.54, 1.807) is 11.3 Å². The molecular formula is C17H29N3OS. The van der Waals surface area contributed by atoms with Gasteiger partial charge in [0.2, 0.25) is 0 Å². The Hall–Kier alpha value is -0.490. The third-order valence-corrected chi connectivity index (χ3v) is 6.47. The molecule has 0 spiro atoms. The maximum Gasteiger partial charge on any atom is 0.107 e. The van der Waals surface area contributed by atoms with Gasteiger partial charge in [0.15, 0.2) is 0 Å². The molecule has 3 rings (SSSR count). The molecule has 3 heterocycles. The van der Waals surface area contributed by atoms with Crippen LogP contribution in [0, 0.1) is 5.41 Å². The summed E-state index contributed by atoms with van der Waals surface area (Å²) in [5.74, 6) is 0.512. The Morgan fingerprint density at radius 2 is 2.23 bits per heavy atom. The predicted molar refractivity (Wildman–Crippen MR) is 91.3 cm³/mol. The SMILES string of the molecule is CC(C)c1csc(CN2CC[C@@]3(CO)CCCN(C)[C@@H]3C2)n1. The highest BCUT2D eigenvalue weighted by atomic mass is 32.1. The summed E-state index contributed by atoms with van der Waals surface area (Å²) in [4.78, 5) is 9.77. The smallest absolute Gasteiger partial charge is 0.107 e. The third kappa shape index (κ3) is 3.09. The number of thiazole rings is 1. The number of likely N-dealkylation sites (N-methyl/N-ethyl adjacent to an activating group) is 1. The Balaban J connectivity index is 1.67. The van der Waals surface area contributed by atoms with Crippen LogP contribution in [0.15, 0.2) is 5.38 Å². The summed E-state index contributed by atoms with van der Waals surface area (Å²) in [6, 6.07) is 0.490. The first-order chi connectivity index (χ1) is 10.5. The lowest BCUT2D eigenvalue weighted by Crippen LogP contribution is -2.61. The van der Waals surface area contributed by atoms with E-state index in [0.29, 0.717) is 18.6 Å². The van der Waals surface area contributed by atoms with Crippen LogP contribution in [0.3, 0.4) is 0 Å². The van der Waals surface area contributed by atoms with E-state index >= 15 is 0 Å². The minimum Gasteiger partial charge on any atom is -0.396 e. The van der Waals surface area contributed by atoms with E-state index in [9.17, 15) is 5.11 Å². The van der Waals surface area contributed by atoms with Crippen molar-refractivity contribution in [3.05, 3.63) is 16.1 Å². The number of hydrogen-bond donors (Lipinski definition) is 1. The molecule has 0 aliphatic carbocycles. The Bertz CT molecular complexity index is 504. The maximum absolute atomic E-state index is 9.98. The minimum absolute atomic E-state index is 0.134. The second-order valence-corrected chi connectivity index (χ2v) is 8.37. The van der Waals surface area contributed by atoms with Gasteiger partial charge in [0.1, 0.15) is 5.01 Å². The molecule has 5 heteroatoms. The molecule has 2 aliphatic rings. The van der Waals surface area contributed by atoms with Gasteiger partial charge in [-0.15, -0.1) is 11.3 Å². The van der Waals surface area contributed by atoms with Gasteiger partial charge in [0.25, 0.3) is 0 Å². The zero-order valence-corrected chi connectivity index (χ0v) is 14.9. The molecule has 2 atom stereocenters. The number of piperidine rings is 2. The van der Waals surface area contributed by atoms with Crippen molar-refractivity contribution in [3.8, 4) is 0 Å². The second-order valence-electron chi connectivity index (χ2n) is 7.43. The summed E-state index contributed by atoms with van der Waals surface area (Å²) in [7, 11) is 2.22. The molecular weight excluding hydrogens is 294 g/mol. The van der Waals surface area contributed by atoms with Gasteiger partial charge < -0.3 is 10.0 Å². The van der Waals surface area contributed by atoms with E-state index in [1.165, 1.54) is 23.5 Å². The number of fused-ring (bicyclic) bond motifs is 1. The topological polar surface area (TPSA) is 39.6 Å². The molecule has 22 heavy (non-hydrogen) atoms. The molecule has 0 aromatic carbocycles. The lowest BCUT2D eigenvalue weighted by molar-refractivity contribution is -0.0684. The van der Waals surface area contributed by atoms with Crippen molar-refractivity contribution in [2.75, 3.05) is 33.3 Å². The van der Waals surface area contributed by atoms with Crippen LogP contribution in [0.2, 0.25) is 0 Å². The van der Waals surface area contributed by atoms with Gasteiger partial charge in [-0.3, -0.25) is 4.90 Å². The molecule has 2 aliphatic heterocycles. The van der Waals surface area contributed by atoms with Gasteiger partial charge in [-0.1, -0.05) is 13.8 Å². The predicted octanol–water partition coefficient (Wildman–Crippen LogP) is 2.55. The molecule has 1 aromatic rings. The molecule has 2 saturated heterocycles. The van der Waals surface area contributed by atoms with Crippen LogP contribution >= 0.6 is 11.3 Å². The Labute approximate surface area is 138 Å². The number of aliphatic hydroxyl groups is 1. The summed E-state index contributed by atoms with van der Waals surface area (Å²) in [5.41, 5.74) is 1.35. The van der Waals surface area contributed by atoms with E-state index in [4.69, 9.17) is 4.98 Å². The highest BCUT2D eigenvalue weighted by Gasteiger charge is 2.46. The third-order valence-electron chi connectivity index (χ3n) is 5.62. The van der Waals surface area contributed by atoms with Crippen LogP contribution < -0.4 is 0 Å². The average molecular weight is 324 g/mol. The van der Waals surface area contributed by atoms with E-state index in [2.05, 4.69) is 36.1 Å². The molecule has 0 radical (unpaired) electrons. The first-order valence-electron chi connectivity index (χ1n) is 8.52. The Morgan fingerprint density at radius 3 is 2.91 bits per heavy atom. The quantitative estimate of drug-likeness (QED) is 0.924. The van der Waals surface area contributed by atoms with Crippen molar-refractivity contribution in [1.82, 2.24) is 14.8 Å². The number of likely N-dealkylation sites (tertiary alicyclic amines) is 2. The van der Waals surface area contributed by atoms with E-state index in [-0.39, 0.29) is 5.41 Å². The monoisotopic (exact) mass is 323 g/mol. The Morgan fingerprint density at radius 1 is 1.41 bits per heavy atom. The number of hydrogen-bond acceptors (Lipinski definition) is 5. The summed E-state index contributed by atoms with van der Waals surface area (Å²) >= 11 is 1.79.